The number of amides is 1. The molecule has 5 rings (SSSR count). The molecule has 1 atom stereocenters. The van der Waals surface area contributed by atoms with Crippen molar-refractivity contribution in [2.75, 3.05) is 36.8 Å². The van der Waals surface area contributed by atoms with Crippen LogP contribution in [0.5, 0.6) is 0 Å². The van der Waals surface area contributed by atoms with Crippen molar-refractivity contribution in [3.8, 4) is 0 Å². The summed E-state index contributed by atoms with van der Waals surface area (Å²) >= 11 is 2.95. The van der Waals surface area contributed by atoms with E-state index in [1.807, 2.05) is 6.92 Å². The number of thiophene rings is 1. The fourth-order valence-corrected chi connectivity index (χ4v) is 6.40. The molecule has 3 heterocycles. The number of carbonyl (C=O) groups excluding carboxylic acids is 1. The molecule has 2 aromatic heterocycles. The van der Waals surface area contributed by atoms with E-state index in [4.69, 9.17) is 5.73 Å². The SMILES string of the molecule is Cc1nc2sc(C(=O)NC3CCc4cc(N5CCNCC5)ccc4C3)c(N)c2s1. The Kier molecular flexibility index (Phi) is 4.93. The third-order valence-electron chi connectivity index (χ3n) is 5.83. The van der Waals surface area contributed by atoms with Crippen molar-refractivity contribution in [3.05, 3.63) is 39.2 Å². The van der Waals surface area contributed by atoms with Crippen LogP contribution in [0.4, 0.5) is 11.4 Å². The maximum atomic E-state index is 12.8. The van der Waals surface area contributed by atoms with Crippen LogP contribution in [0.2, 0.25) is 0 Å². The predicted molar refractivity (Wildman–Crippen MR) is 121 cm³/mol. The van der Waals surface area contributed by atoms with Crippen LogP contribution < -0.4 is 21.3 Å². The lowest BCUT2D eigenvalue weighted by molar-refractivity contribution is 0.0938. The van der Waals surface area contributed by atoms with Crippen LogP contribution in [0.25, 0.3) is 9.53 Å². The number of nitrogen functional groups attached to an aromatic ring is 1. The van der Waals surface area contributed by atoms with Crippen molar-refractivity contribution in [3.63, 3.8) is 0 Å². The fourth-order valence-electron chi connectivity index (χ4n) is 4.31. The van der Waals surface area contributed by atoms with Gasteiger partial charge in [-0.3, -0.25) is 4.79 Å². The topological polar surface area (TPSA) is 83.3 Å². The molecule has 29 heavy (non-hydrogen) atoms. The molecule has 0 spiro atoms. The first kappa shape index (κ1) is 18.8. The minimum atomic E-state index is -0.0683. The zero-order chi connectivity index (χ0) is 20.0. The highest BCUT2D eigenvalue weighted by Crippen LogP contribution is 2.37. The molecule has 1 fully saturated rings. The Hall–Kier alpha value is -2.16. The molecule has 1 unspecified atom stereocenters. The van der Waals surface area contributed by atoms with E-state index in [0.29, 0.717) is 10.6 Å². The van der Waals surface area contributed by atoms with Crippen molar-refractivity contribution in [1.82, 2.24) is 15.6 Å². The number of aryl methyl sites for hydroxylation is 2. The van der Waals surface area contributed by atoms with Crippen LogP contribution in [-0.2, 0) is 12.8 Å². The molecule has 3 aromatic rings. The van der Waals surface area contributed by atoms with Gasteiger partial charge in [0.1, 0.15) is 9.71 Å². The van der Waals surface area contributed by atoms with Gasteiger partial charge in [-0.25, -0.2) is 4.98 Å². The normalized spacial score (nSPS) is 19.3. The highest BCUT2D eigenvalue weighted by Gasteiger charge is 2.25. The molecule has 1 amide bonds. The summed E-state index contributed by atoms with van der Waals surface area (Å²) in [4.78, 5) is 21.2. The van der Waals surface area contributed by atoms with Crippen molar-refractivity contribution < 1.29 is 4.79 Å². The Bertz CT molecular complexity index is 1070. The Morgan fingerprint density at radius 3 is 2.90 bits per heavy atom. The Balaban J connectivity index is 1.28. The molecule has 1 aliphatic carbocycles. The number of nitrogens with zero attached hydrogens (tertiary/aromatic N) is 2. The lowest BCUT2D eigenvalue weighted by Crippen LogP contribution is -2.43. The first-order valence-corrected chi connectivity index (χ1v) is 11.8. The number of hydrogen-bond donors (Lipinski definition) is 3. The van der Waals surface area contributed by atoms with Gasteiger partial charge in [0.25, 0.3) is 5.91 Å². The van der Waals surface area contributed by atoms with Crippen molar-refractivity contribution in [2.45, 2.75) is 32.2 Å². The number of hydrogen-bond acceptors (Lipinski definition) is 7. The fraction of sp³-hybridized carbons (Fsp3) is 0.429. The smallest absolute Gasteiger partial charge is 0.263 e. The monoisotopic (exact) mass is 427 g/mol. The molecular formula is C21H25N5OS2. The lowest BCUT2D eigenvalue weighted by atomic mass is 9.87. The molecule has 1 aromatic carbocycles. The van der Waals surface area contributed by atoms with E-state index in [9.17, 15) is 4.79 Å². The summed E-state index contributed by atoms with van der Waals surface area (Å²) < 4.78 is 0.937. The van der Waals surface area contributed by atoms with Gasteiger partial charge in [-0.1, -0.05) is 6.07 Å². The molecular weight excluding hydrogens is 402 g/mol. The molecule has 0 radical (unpaired) electrons. The van der Waals surface area contributed by atoms with Crippen LogP contribution >= 0.6 is 22.7 Å². The van der Waals surface area contributed by atoms with E-state index in [1.54, 1.807) is 11.3 Å². The molecule has 6 nitrogen and oxygen atoms in total. The van der Waals surface area contributed by atoms with Crippen LogP contribution in [0, 0.1) is 6.92 Å². The molecule has 4 N–H and O–H groups in total. The van der Waals surface area contributed by atoms with Crippen molar-refractivity contribution in [2.24, 2.45) is 0 Å². The Morgan fingerprint density at radius 1 is 1.28 bits per heavy atom. The molecule has 152 valence electrons. The maximum absolute atomic E-state index is 12.8. The van der Waals surface area contributed by atoms with Crippen LogP contribution in [0.1, 0.15) is 32.2 Å². The third-order valence-corrected chi connectivity index (χ3v) is 8.06. The van der Waals surface area contributed by atoms with Gasteiger partial charge in [0, 0.05) is 37.9 Å². The van der Waals surface area contributed by atoms with Crippen LogP contribution in [0.15, 0.2) is 18.2 Å². The number of thiazole rings is 1. The molecule has 8 heteroatoms. The second kappa shape index (κ2) is 7.59. The molecule has 1 saturated heterocycles. The summed E-state index contributed by atoms with van der Waals surface area (Å²) in [6.45, 7) is 6.18. The predicted octanol–water partition coefficient (Wildman–Crippen LogP) is 2.95. The van der Waals surface area contributed by atoms with Gasteiger partial charge in [-0.05, 0) is 49.4 Å². The van der Waals surface area contributed by atoms with Gasteiger partial charge < -0.3 is 21.3 Å². The number of piperazine rings is 1. The first-order chi connectivity index (χ1) is 14.1. The van der Waals surface area contributed by atoms with E-state index in [-0.39, 0.29) is 11.9 Å². The van der Waals surface area contributed by atoms with E-state index in [0.717, 1.165) is 60.0 Å². The highest BCUT2D eigenvalue weighted by molar-refractivity contribution is 7.29. The molecule has 0 saturated carbocycles. The summed E-state index contributed by atoms with van der Waals surface area (Å²) in [6.07, 6.45) is 2.83. The molecule has 0 bridgehead atoms. The second-order valence-electron chi connectivity index (χ2n) is 7.82. The molecule has 1 aliphatic heterocycles. The number of aromatic nitrogens is 1. The first-order valence-electron chi connectivity index (χ1n) is 10.1. The largest absolute Gasteiger partial charge is 0.396 e. The number of carbonyl (C=O) groups is 1. The van der Waals surface area contributed by atoms with E-state index in [1.165, 1.54) is 28.2 Å². The van der Waals surface area contributed by atoms with Gasteiger partial charge in [0.05, 0.1) is 15.4 Å². The minimum Gasteiger partial charge on any atom is -0.396 e. The number of rotatable bonds is 3. The number of nitrogens with two attached hydrogens (primary N) is 1. The summed E-state index contributed by atoms with van der Waals surface area (Å²) in [5.41, 5.74) is 10.9. The van der Waals surface area contributed by atoms with E-state index >= 15 is 0 Å². The Morgan fingerprint density at radius 2 is 2.10 bits per heavy atom. The summed E-state index contributed by atoms with van der Waals surface area (Å²) in [5, 5.41) is 7.59. The zero-order valence-electron chi connectivity index (χ0n) is 16.5. The lowest BCUT2D eigenvalue weighted by Gasteiger charge is -2.31. The number of anilines is 2. The number of benzene rings is 1. The van der Waals surface area contributed by atoms with Gasteiger partial charge in [0.2, 0.25) is 0 Å². The highest BCUT2D eigenvalue weighted by atomic mass is 32.1. The van der Waals surface area contributed by atoms with Gasteiger partial charge >= 0.3 is 0 Å². The second-order valence-corrected chi connectivity index (χ2v) is 10.0. The zero-order valence-corrected chi connectivity index (χ0v) is 18.1. The standard InChI is InChI=1S/C21H25N5OS2/c1-12-24-21-19(28-12)17(22)18(29-21)20(27)25-15-4-2-14-11-16(5-3-13(14)10-15)26-8-6-23-7-9-26/h3,5,11,15,23H,2,4,6-10,22H2,1H3,(H,25,27). The van der Waals surface area contributed by atoms with E-state index in [2.05, 4.69) is 38.7 Å². The quantitative estimate of drug-likeness (QED) is 0.599. The Labute approximate surface area is 178 Å². The minimum absolute atomic E-state index is 0.0683. The maximum Gasteiger partial charge on any atom is 0.263 e. The van der Waals surface area contributed by atoms with Crippen LogP contribution in [-0.4, -0.2) is 43.1 Å². The van der Waals surface area contributed by atoms with Gasteiger partial charge in [-0.15, -0.1) is 22.7 Å². The van der Waals surface area contributed by atoms with Gasteiger partial charge in [-0.2, -0.15) is 0 Å². The van der Waals surface area contributed by atoms with Gasteiger partial charge in [0.15, 0.2) is 0 Å². The molecule has 2 aliphatic rings. The number of nitrogens with one attached hydrogen (secondary N) is 2. The van der Waals surface area contributed by atoms with E-state index < -0.39 is 0 Å². The van der Waals surface area contributed by atoms with Crippen molar-refractivity contribution in [1.29, 1.82) is 0 Å². The summed E-state index contributed by atoms with van der Waals surface area (Å²) in [5.74, 6) is -0.0683. The third kappa shape index (κ3) is 3.60. The average Bonchev–Trinajstić information content (AvgIpc) is 3.25. The summed E-state index contributed by atoms with van der Waals surface area (Å²) in [6, 6.07) is 6.97. The van der Waals surface area contributed by atoms with Crippen LogP contribution in [0.3, 0.4) is 0 Å². The summed E-state index contributed by atoms with van der Waals surface area (Å²) in [7, 11) is 0. The van der Waals surface area contributed by atoms with Crippen molar-refractivity contribution >= 4 is 49.5 Å². The average molecular weight is 428 g/mol. The number of fused-ring (bicyclic) bond motifs is 2.